The van der Waals surface area contributed by atoms with Crippen molar-refractivity contribution < 1.29 is 9.53 Å². The SMILES string of the molecule is CCC(CC)C(CNC(=O)c1ccc(=O)[nH]n1)N1CCOCC1. The van der Waals surface area contributed by atoms with E-state index in [0.29, 0.717) is 18.5 Å². The molecule has 1 saturated heterocycles. The lowest BCUT2D eigenvalue weighted by molar-refractivity contribution is 0.00190. The van der Waals surface area contributed by atoms with Crippen LogP contribution in [0.2, 0.25) is 0 Å². The maximum atomic E-state index is 12.2. The van der Waals surface area contributed by atoms with Crippen LogP contribution in [0.3, 0.4) is 0 Å². The fourth-order valence-corrected chi connectivity index (χ4v) is 3.09. The highest BCUT2D eigenvalue weighted by atomic mass is 16.5. The minimum Gasteiger partial charge on any atom is -0.379 e. The molecule has 1 fully saturated rings. The molecule has 23 heavy (non-hydrogen) atoms. The molecule has 2 heterocycles. The van der Waals surface area contributed by atoms with Gasteiger partial charge in [-0.05, 0) is 12.0 Å². The largest absolute Gasteiger partial charge is 0.379 e. The number of H-pyrrole nitrogens is 1. The Labute approximate surface area is 136 Å². The summed E-state index contributed by atoms with van der Waals surface area (Å²) in [6, 6.07) is 3.04. The number of amides is 1. The summed E-state index contributed by atoms with van der Waals surface area (Å²) in [5.41, 5.74) is -0.0837. The fourth-order valence-electron chi connectivity index (χ4n) is 3.09. The molecule has 7 nitrogen and oxygen atoms in total. The Hall–Kier alpha value is -1.73. The van der Waals surface area contributed by atoms with Gasteiger partial charge in [0.2, 0.25) is 0 Å². The standard InChI is InChI=1S/C16H26N4O3/c1-3-12(4-2)14(20-7-9-23-10-8-20)11-17-16(22)13-5-6-15(21)19-18-13/h5-6,12,14H,3-4,7-11H2,1-2H3,(H,17,22)(H,19,21). The molecule has 7 heteroatoms. The number of hydrogen-bond acceptors (Lipinski definition) is 5. The molecule has 1 amide bonds. The number of carbonyl (C=O) groups is 1. The summed E-state index contributed by atoms with van der Waals surface area (Å²) in [7, 11) is 0. The first-order valence-corrected chi connectivity index (χ1v) is 8.31. The van der Waals surface area contributed by atoms with Crippen LogP contribution in [0.1, 0.15) is 37.2 Å². The number of carbonyl (C=O) groups excluding carboxylic acids is 1. The maximum Gasteiger partial charge on any atom is 0.271 e. The molecular weight excluding hydrogens is 296 g/mol. The van der Waals surface area contributed by atoms with E-state index in [1.807, 2.05) is 0 Å². The predicted octanol–water partition coefficient (Wildman–Crippen LogP) is 0.637. The van der Waals surface area contributed by atoms with Gasteiger partial charge in [-0.25, -0.2) is 5.10 Å². The molecule has 1 aromatic heterocycles. The number of hydrogen-bond donors (Lipinski definition) is 2. The Kier molecular flexibility index (Phi) is 6.73. The maximum absolute atomic E-state index is 12.2. The highest BCUT2D eigenvalue weighted by Gasteiger charge is 2.27. The van der Waals surface area contributed by atoms with E-state index in [2.05, 4.69) is 34.3 Å². The van der Waals surface area contributed by atoms with Crippen molar-refractivity contribution >= 4 is 5.91 Å². The van der Waals surface area contributed by atoms with E-state index >= 15 is 0 Å². The number of nitrogens with zero attached hydrogens (tertiary/aromatic N) is 2. The number of aromatic amines is 1. The second kappa shape index (κ2) is 8.79. The zero-order chi connectivity index (χ0) is 16.7. The fraction of sp³-hybridized carbons (Fsp3) is 0.688. The lowest BCUT2D eigenvalue weighted by Crippen LogP contribution is -2.52. The molecule has 0 spiro atoms. The van der Waals surface area contributed by atoms with Crippen LogP contribution in [-0.4, -0.2) is 59.9 Å². The molecule has 0 aromatic carbocycles. The average Bonchev–Trinajstić information content (AvgIpc) is 2.59. The number of morpholine rings is 1. The van der Waals surface area contributed by atoms with Crippen molar-refractivity contribution in [2.75, 3.05) is 32.8 Å². The van der Waals surface area contributed by atoms with Crippen LogP contribution in [0.5, 0.6) is 0 Å². The van der Waals surface area contributed by atoms with E-state index in [9.17, 15) is 9.59 Å². The zero-order valence-corrected chi connectivity index (χ0v) is 13.9. The van der Waals surface area contributed by atoms with Crippen molar-refractivity contribution in [3.8, 4) is 0 Å². The smallest absolute Gasteiger partial charge is 0.271 e. The summed E-state index contributed by atoms with van der Waals surface area (Å²) < 4.78 is 5.43. The second-order valence-corrected chi connectivity index (χ2v) is 5.81. The van der Waals surface area contributed by atoms with Gasteiger partial charge in [0.1, 0.15) is 5.69 Å². The average molecular weight is 322 g/mol. The van der Waals surface area contributed by atoms with Crippen molar-refractivity contribution in [1.29, 1.82) is 0 Å². The monoisotopic (exact) mass is 322 g/mol. The summed E-state index contributed by atoms with van der Waals surface area (Å²) in [4.78, 5) is 25.6. The molecule has 1 atom stereocenters. The topological polar surface area (TPSA) is 87.3 Å². The Balaban J connectivity index is 2.00. The minimum atomic E-state index is -0.315. The summed E-state index contributed by atoms with van der Waals surface area (Å²) >= 11 is 0. The number of nitrogens with one attached hydrogen (secondary N) is 2. The number of rotatable bonds is 7. The van der Waals surface area contributed by atoms with Crippen molar-refractivity contribution in [3.63, 3.8) is 0 Å². The Morgan fingerprint density at radius 3 is 2.61 bits per heavy atom. The summed E-state index contributed by atoms with van der Waals surface area (Å²) in [5, 5.41) is 9.01. The van der Waals surface area contributed by atoms with Crippen molar-refractivity contribution in [2.24, 2.45) is 5.92 Å². The lowest BCUT2D eigenvalue weighted by Gasteiger charge is -2.38. The minimum absolute atomic E-state index is 0.231. The molecule has 0 aliphatic carbocycles. The summed E-state index contributed by atoms with van der Waals surface area (Å²) in [6.45, 7) is 8.23. The second-order valence-electron chi connectivity index (χ2n) is 5.81. The van der Waals surface area contributed by atoms with E-state index in [0.717, 1.165) is 39.1 Å². The van der Waals surface area contributed by atoms with Crippen molar-refractivity contribution in [2.45, 2.75) is 32.7 Å². The molecule has 1 aliphatic heterocycles. The molecule has 1 aliphatic rings. The number of ether oxygens (including phenoxy) is 1. The van der Waals surface area contributed by atoms with E-state index in [4.69, 9.17) is 4.74 Å². The van der Waals surface area contributed by atoms with Crippen LogP contribution in [0, 0.1) is 5.92 Å². The van der Waals surface area contributed by atoms with Crippen LogP contribution in [0.4, 0.5) is 0 Å². The van der Waals surface area contributed by atoms with E-state index in [-0.39, 0.29) is 17.2 Å². The normalized spacial score (nSPS) is 17.2. The van der Waals surface area contributed by atoms with Crippen LogP contribution >= 0.6 is 0 Å². The van der Waals surface area contributed by atoms with Gasteiger partial charge in [0.05, 0.1) is 13.2 Å². The molecule has 1 aromatic rings. The first-order chi connectivity index (χ1) is 11.2. The molecule has 2 N–H and O–H groups in total. The third-order valence-corrected chi connectivity index (χ3v) is 4.49. The molecule has 2 rings (SSSR count). The zero-order valence-electron chi connectivity index (χ0n) is 13.9. The van der Waals surface area contributed by atoms with E-state index in [1.165, 1.54) is 12.1 Å². The van der Waals surface area contributed by atoms with Gasteiger partial charge in [0.25, 0.3) is 11.5 Å². The number of aromatic nitrogens is 2. The quantitative estimate of drug-likeness (QED) is 0.769. The van der Waals surface area contributed by atoms with Gasteiger partial charge in [-0.2, -0.15) is 5.10 Å². The van der Waals surface area contributed by atoms with Gasteiger partial charge in [-0.1, -0.05) is 26.7 Å². The summed E-state index contributed by atoms with van der Waals surface area (Å²) in [6.07, 6.45) is 2.15. The predicted molar refractivity (Wildman–Crippen MR) is 87.4 cm³/mol. The first-order valence-electron chi connectivity index (χ1n) is 8.31. The molecule has 1 unspecified atom stereocenters. The van der Waals surface area contributed by atoms with Gasteiger partial charge < -0.3 is 10.1 Å². The van der Waals surface area contributed by atoms with Crippen LogP contribution in [0.25, 0.3) is 0 Å². The van der Waals surface area contributed by atoms with Gasteiger partial charge in [-0.3, -0.25) is 14.5 Å². The van der Waals surface area contributed by atoms with Gasteiger partial charge >= 0.3 is 0 Å². The molecule has 0 radical (unpaired) electrons. The highest BCUT2D eigenvalue weighted by Crippen LogP contribution is 2.19. The van der Waals surface area contributed by atoms with Crippen LogP contribution in [-0.2, 0) is 4.74 Å². The van der Waals surface area contributed by atoms with Crippen LogP contribution < -0.4 is 10.9 Å². The summed E-state index contributed by atoms with van der Waals surface area (Å²) in [5.74, 6) is 0.266. The molecular formula is C16H26N4O3. The van der Waals surface area contributed by atoms with Crippen LogP contribution in [0.15, 0.2) is 16.9 Å². The van der Waals surface area contributed by atoms with Gasteiger partial charge in [-0.15, -0.1) is 0 Å². The van der Waals surface area contributed by atoms with E-state index < -0.39 is 0 Å². The van der Waals surface area contributed by atoms with Crippen molar-refractivity contribution in [1.82, 2.24) is 20.4 Å². The third-order valence-electron chi connectivity index (χ3n) is 4.49. The van der Waals surface area contributed by atoms with E-state index in [1.54, 1.807) is 0 Å². The Morgan fingerprint density at radius 1 is 1.35 bits per heavy atom. The Bertz CT molecular complexity index is 530. The highest BCUT2D eigenvalue weighted by molar-refractivity contribution is 5.91. The van der Waals surface area contributed by atoms with Crippen molar-refractivity contribution in [3.05, 3.63) is 28.2 Å². The first kappa shape index (κ1) is 17.6. The molecule has 0 saturated carbocycles. The van der Waals surface area contributed by atoms with Gasteiger partial charge in [0.15, 0.2) is 0 Å². The molecule has 0 bridgehead atoms. The lowest BCUT2D eigenvalue weighted by atomic mass is 9.92. The van der Waals surface area contributed by atoms with Gasteiger partial charge in [0, 0.05) is 31.7 Å². The third kappa shape index (κ3) is 4.87. The Morgan fingerprint density at radius 2 is 2.04 bits per heavy atom. The molecule has 128 valence electrons.